The fraction of sp³-hybridized carbons (Fsp3) is 0.0769. The predicted molar refractivity (Wildman–Crippen MR) is 59.4 cm³/mol. The Kier molecular flexibility index (Phi) is 2.59. The largest absolute Gasteiger partial charge is 0.504 e. The Morgan fingerprint density at radius 2 is 1.73 bits per heavy atom. The maximum absolute atomic E-state index is 9.57. The van der Waals surface area contributed by atoms with Gasteiger partial charge in [0.05, 0.1) is 0 Å². The van der Waals surface area contributed by atoms with Crippen LogP contribution in [-0.4, -0.2) is 5.11 Å². The lowest BCUT2D eigenvalue weighted by Gasteiger charge is -2.07. The number of aromatic hydroxyl groups is 1. The molecule has 2 aromatic carbocycles. The molecule has 76 valence electrons. The number of phenolic OH excluding ortho intramolecular Hbond substituents is 1. The molecule has 1 N–H and O–H groups in total. The molecular formula is C13H12O2. The van der Waals surface area contributed by atoms with Gasteiger partial charge in [0.2, 0.25) is 0 Å². The Balaban J connectivity index is 2.28. The summed E-state index contributed by atoms with van der Waals surface area (Å²) in [5.41, 5.74) is 1.05. The third-order valence-electron chi connectivity index (χ3n) is 2.09. The molecule has 0 aromatic heterocycles. The fourth-order valence-corrected chi connectivity index (χ4v) is 1.32. The zero-order valence-electron chi connectivity index (χ0n) is 8.47. The SMILES string of the molecule is Cc1ccc(O)c(Oc2ccccc2)c1. The lowest BCUT2D eigenvalue weighted by Crippen LogP contribution is -1.85. The van der Waals surface area contributed by atoms with Crippen LogP contribution in [0.1, 0.15) is 5.56 Å². The Labute approximate surface area is 88.8 Å². The first-order valence-electron chi connectivity index (χ1n) is 4.78. The van der Waals surface area contributed by atoms with Crippen molar-refractivity contribution in [2.45, 2.75) is 6.92 Å². The minimum absolute atomic E-state index is 0.157. The molecule has 0 unspecified atom stereocenters. The molecule has 2 rings (SSSR count). The molecule has 0 aliphatic rings. The van der Waals surface area contributed by atoms with Crippen molar-refractivity contribution in [2.24, 2.45) is 0 Å². The molecule has 0 aliphatic heterocycles. The second-order valence-electron chi connectivity index (χ2n) is 3.39. The van der Waals surface area contributed by atoms with Crippen molar-refractivity contribution < 1.29 is 9.84 Å². The number of hydrogen-bond donors (Lipinski definition) is 1. The van der Waals surface area contributed by atoms with E-state index in [1.54, 1.807) is 6.07 Å². The Bertz CT molecular complexity index is 449. The number of benzene rings is 2. The Morgan fingerprint density at radius 3 is 2.47 bits per heavy atom. The van der Waals surface area contributed by atoms with Crippen molar-refractivity contribution in [1.29, 1.82) is 0 Å². The summed E-state index contributed by atoms with van der Waals surface area (Å²) >= 11 is 0. The molecule has 0 saturated heterocycles. The Hall–Kier alpha value is -1.96. The average Bonchev–Trinajstić information content (AvgIpc) is 2.25. The van der Waals surface area contributed by atoms with Crippen LogP contribution in [0.15, 0.2) is 48.5 Å². The topological polar surface area (TPSA) is 29.5 Å². The van der Waals surface area contributed by atoms with Gasteiger partial charge < -0.3 is 9.84 Å². The summed E-state index contributed by atoms with van der Waals surface area (Å²) in [6.07, 6.45) is 0. The van der Waals surface area contributed by atoms with E-state index in [1.165, 1.54) is 0 Å². The molecule has 0 saturated carbocycles. The van der Waals surface area contributed by atoms with E-state index in [9.17, 15) is 5.11 Å². The van der Waals surface area contributed by atoms with Gasteiger partial charge >= 0.3 is 0 Å². The van der Waals surface area contributed by atoms with Gasteiger partial charge in [-0.15, -0.1) is 0 Å². The summed E-state index contributed by atoms with van der Waals surface area (Å²) in [5.74, 6) is 1.36. The molecule has 0 amide bonds. The first kappa shape index (κ1) is 9.59. The van der Waals surface area contributed by atoms with Crippen molar-refractivity contribution in [3.05, 3.63) is 54.1 Å². The number of aryl methyl sites for hydroxylation is 1. The summed E-state index contributed by atoms with van der Waals surface area (Å²) in [5, 5.41) is 9.57. The van der Waals surface area contributed by atoms with Crippen LogP contribution < -0.4 is 4.74 Å². The van der Waals surface area contributed by atoms with Gasteiger partial charge in [-0.1, -0.05) is 24.3 Å². The summed E-state index contributed by atoms with van der Waals surface area (Å²) < 4.78 is 5.54. The van der Waals surface area contributed by atoms with E-state index < -0.39 is 0 Å². The van der Waals surface area contributed by atoms with Crippen LogP contribution in [0.4, 0.5) is 0 Å². The van der Waals surface area contributed by atoms with Crippen molar-refractivity contribution >= 4 is 0 Å². The summed E-state index contributed by atoms with van der Waals surface area (Å²) in [4.78, 5) is 0. The zero-order valence-corrected chi connectivity index (χ0v) is 8.47. The van der Waals surface area contributed by atoms with Gasteiger partial charge in [-0.2, -0.15) is 0 Å². The van der Waals surface area contributed by atoms with Crippen LogP contribution in [0, 0.1) is 6.92 Å². The van der Waals surface area contributed by atoms with Crippen LogP contribution in [0.25, 0.3) is 0 Å². The summed E-state index contributed by atoms with van der Waals surface area (Å²) in [6, 6.07) is 14.7. The smallest absolute Gasteiger partial charge is 0.169 e. The minimum atomic E-state index is 0.157. The highest BCUT2D eigenvalue weighted by Crippen LogP contribution is 2.30. The van der Waals surface area contributed by atoms with Crippen LogP contribution in [0.2, 0.25) is 0 Å². The second-order valence-corrected chi connectivity index (χ2v) is 3.39. The lowest BCUT2D eigenvalue weighted by molar-refractivity contribution is 0.411. The standard InChI is InChI=1S/C13H12O2/c1-10-7-8-12(14)13(9-10)15-11-5-3-2-4-6-11/h2-9,14H,1H3. The molecular weight excluding hydrogens is 188 g/mol. The summed E-state index contributed by atoms with van der Waals surface area (Å²) in [7, 11) is 0. The van der Waals surface area contributed by atoms with Gasteiger partial charge in [0.1, 0.15) is 5.75 Å². The van der Waals surface area contributed by atoms with Crippen molar-refractivity contribution in [2.75, 3.05) is 0 Å². The van der Waals surface area contributed by atoms with Gasteiger partial charge in [0.25, 0.3) is 0 Å². The molecule has 0 fully saturated rings. The third-order valence-corrected chi connectivity index (χ3v) is 2.09. The number of para-hydroxylation sites is 1. The molecule has 0 heterocycles. The van der Waals surface area contributed by atoms with Gasteiger partial charge in [0.15, 0.2) is 11.5 Å². The van der Waals surface area contributed by atoms with Crippen LogP contribution >= 0.6 is 0 Å². The first-order valence-corrected chi connectivity index (χ1v) is 4.78. The van der Waals surface area contributed by atoms with E-state index in [-0.39, 0.29) is 5.75 Å². The van der Waals surface area contributed by atoms with E-state index in [0.717, 1.165) is 11.3 Å². The van der Waals surface area contributed by atoms with Gasteiger partial charge in [-0.05, 0) is 36.8 Å². The van der Waals surface area contributed by atoms with E-state index in [2.05, 4.69) is 0 Å². The summed E-state index contributed by atoms with van der Waals surface area (Å²) in [6.45, 7) is 1.96. The number of rotatable bonds is 2. The number of phenols is 1. The molecule has 0 radical (unpaired) electrons. The second kappa shape index (κ2) is 4.05. The monoisotopic (exact) mass is 200 g/mol. The van der Waals surface area contributed by atoms with Crippen molar-refractivity contribution in [3.8, 4) is 17.2 Å². The zero-order chi connectivity index (χ0) is 10.7. The average molecular weight is 200 g/mol. The highest BCUT2D eigenvalue weighted by atomic mass is 16.5. The quantitative estimate of drug-likeness (QED) is 0.804. The van der Waals surface area contributed by atoms with E-state index in [4.69, 9.17) is 4.74 Å². The molecule has 0 aliphatic carbocycles. The first-order chi connectivity index (χ1) is 7.25. The maximum atomic E-state index is 9.57. The molecule has 0 spiro atoms. The van der Waals surface area contributed by atoms with Gasteiger partial charge in [-0.3, -0.25) is 0 Å². The highest BCUT2D eigenvalue weighted by molar-refractivity contribution is 5.44. The predicted octanol–water partition coefficient (Wildman–Crippen LogP) is 3.49. The molecule has 2 nitrogen and oxygen atoms in total. The molecule has 0 bridgehead atoms. The highest BCUT2D eigenvalue weighted by Gasteiger charge is 2.03. The fourth-order valence-electron chi connectivity index (χ4n) is 1.32. The Morgan fingerprint density at radius 1 is 1.00 bits per heavy atom. The number of ether oxygens (including phenoxy) is 1. The molecule has 2 heteroatoms. The van der Waals surface area contributed by atoms with Crippen LogP contribution in [0.3, 0.4) is 0 Å². The molecule has 0 atom stereocenters. The van der Waals surface area contributed by atoms with E-state index in [1.807, 2.05) is 49.4 Å². The van der Waals surface area contributed by atoms with Crippen molar-refractivity contribution in [1.82, 2.24) is 0 Å². The third kappa shape index (κ3) is 2.29. The van der Waals surface area contributed by atoms with E-state index >= 15 is 0 Å². The van der Waals surface area contributed by atoms with E-state index in [0.29, 0.717) is 5.75 Å². The van der Waals surface area contributed by atoms with Gasteiger partial charge in [-0.25, -0.2) is 0 Å². The molecule has 2 aromatic rings. The van der Waals surface area contributed by atoms with Gasteiger partial charge in [0, 0.05) is 0 Å². The number of hydrogen-bond acceptors (Lipinski definition) is 2. The normalized spacial score (nSPS) is 9.93. The minimum Gasteiger partial charge on any atom is -0.504 e. The maximum Gasteiger partial charge on any atom is 0.169 e. The van der Waals surface area contributed by atoms with Crippen LogP contribution in [0.5, 0.6) is 17.2 Å². The lowest BCUT2D eigenvalue weighted by atomic mass is 10.2. The van der Waals surface area contributed by atoms with Crippen LogP contribution in [-0.2, 0) is 0 Å². The molecule has 15 heavy (non-hydrogen) atoms. The van der Waals surface area contributed by atoms with Crippen molar-refractivity contribution in [3.63, 3.8) is 0 Å².